The standard InChI is InChI=1S/C24H28N4O6/c1-2-3-4-22-25-21(27-34-22)15-32-17-5-6-19-16(11-17)7-8-28-20(19)12-23(26-24(28)29)33-14-18-13-30-9-10-31-18/h5-6,11-12,18H,2-4,7-10,13-15H2,1H3/t18-/m1/s1. The maximum absolute atomic E-state index is 12.6. The number of unbranched alkanes of at least 4 members (excludes halogenated alkanes) is 1. The number of nitrogens with zero attached hydrogens (tertiary/aromatic N) is 4. The van der Waals surface area contributed by atoms with Crippen LogP contribution in [0.2, 0.25) is 0 Å². The van der Waals surface area contributed by atoms with E-state index in [1.807, 2.05) is 18.2 Å². The summed E-state index contributed by atoms with van der Waals surface area (Å²) in [4.78, 5) is 21.1. The molecule has 0 bridgehead atoms. The second kappa shape index (κ2) is 10.4. The number of fused-ring (bicyclic) bond motifs is 3. The van der Waals surface area contributed by atoms with Crippen molar-refractivity contribution in [3.05, 3.63) is 52.0 Å². The molecule has 1 saturated heterocycles. The van der Waals surface area contributed by atoms with Gasteiger partial charge in [-0.2, -0.15) is 9.97 Å². The number of rotatable bonds is 9. The SMILES string of the molecule is CCCCc1nc(COc2ccc3c(c2)CCn2c-3cc(OC[C@H]3COCCO3)nc2=O)no1. The van der Waals surface area contributed by atoms with E-state index in [0.29, 0.717) is 44.5 Å². The van der Waals surface area contributed by atoms with Crippen molar-refractivity contribution in [2.45, 2.75) is 51.9 Å². The van der Waals surface area contributed by atoms with Gasteiger partial charge in [0.1, 0.15) is 18.5 Å². The van der Waals surface area contributed by atoms with E-state index in [4.69, 9.17) is 23.5 Å². The predicted molar refractivity (Wildman–Crippen MR) is 121 cm³/mol. The van der Waals surface area contributed by atoms with Gasteiger partial charge in [0, 0.05) is 24.6 Å². The van der Waals surface area contributed by atoms with Crippen LogP contribution in [0.4, 0.5) is 0 Å². The van der Waals surface area contributed by atoms with Gasteiger partial charge in [-0.05, 0) is 36.6 Å². The maximum Gasteiger partial charge on any atom is 0.351 e. The van der Waals surface area contributed by atoms with Crippen LogP contribution >= 0.6 is 0 Å². The fourth-order valence-electron chi connectivity index (χ4n) is 4.08. The van der Waals surface area contributed by atoms with Gasteiger partial charge in [-0.1, -0.05) is 18.5 Å². The molecule has 34 heavy (non-hydrogen) atoms. The van der Waals surface area contributed by atoms with Gasteiger partial charge in [-0.3, -0.25) is 4.57 Å². The van der Waals surface area contributed by atoms with Crippen LogP contribution in [-0.2, 0) is 35.5 Å². The van der Waals surface area contributed by atoms with Gasteiger partial charge < -0.3 is 23.5 Å². The Bertz CT molecular complexity index is 1180. The second-order valence-electron chi connectivity index (χ2n) is 8.36. The summed E-state index contributed by atoms with van der Waals surface area (Å²) < 4.78 is 29.6. The molecule has 5 rings (SSSR count). The van der Waals surface area contributed by atoms with E-state index in [2.05, 4.69) is 22.0 Å². The van der Waals surface area contributed by atoms with E-state index in [1.54, 1.807) is 10.6 Å². The van der Waals surface area contributed by atoms with Gasteiger partial charge in [0.05, 0.1) is 25.5 Å². The number of hydrogen-bond acceptors (Lipinski definition) is 9. The van der Waals surface area contributed by atoms with E-state index in [1.165, 1.54) is 0 Å². The molecule has 2 aromatic heterocycles. The normalized spacial score (nSPS) is 17.1. The minimum Gasteiger partial charge on any atom is -0.485 e. The van der Waals surface area contributed by atoms with E-state index in [9.17, 15) is 4.79 Å². The molecule has 0 N–H and O–H groups in total. The van der Waals surface area contributed by atoms with Crippen molar-refractivity contribution in [1.82, 2.24) is 19.7 Å². The average molecular weight is 469 g/mol. The smallest absolute Gasteiger partial charge is 0.351 e. The minimum absolute atomic E-state index is 0.164. The second-order valence-corrected chi connectivity index (χ2v) is 8.36. The first-order valence-electron chi connectivity index (χ1n) is 11.7. The van der Waals surface area contributed by atoms with Crippen LogP contribution in [0.15, 0.2) is 33.6 Å². The summed E-state index contributed by atoms with van der Waals surface area (Å²) in [5.74, 6) is 2.17. The molecule has 1 atom stereocenters. The molecular formula is C24H28N4O6. The lowest BCUT2D eigenvalue weighted by molar-refractivity contribution is -0.102. The molecule has 0 radical (unpaired) electrons. The van der Waals surface area contributed by atoms with Gasteiger partial charge in [0.2, 0.25) is 17.6 Å². The molecule has 3 aromatic rings. The van der Waals surface area contributed by atoms with Crippen LogP contribution < -0.4 is 15.2 Å². The largest absolute Gasteiger partial charge is 0.485 e. The monoisotopic (exact) mass is 468 g/mol. The lowest BCUT2D eigenvalue weighted by atomic mass is 9.97. The van der Waals surface area contributed by atoms with Crippen molar-refractivity contribution in [3.8, 4) is 22.9 Å². The summed E-state index contributed by atoms with van der Waals surface area (Å²) in [7, 11) is 0. The van der Waals surface area contributed by atoms with Crippen LogP contribution in [0.3, 0.4) is 0 Å². The molecule has 4 heterocycles. The van der Waals surface area contributed by atoms with E-state index in [-0.39, 0.29) is 30.9 Å². The first-order valence-corrected chi connectivity index (χ1v) is 11.7. The Morgan fingerprint density at radius 3 is 2.97 bits per heavy atom. The third-order valence-corrected chi connectivity index (χ3v) is 5.87. The van der Waals surface area contributed by atoms with Crippen LogP contribution in [0.25, 0.3) is 11.3 Å². The average Bonchev–Trinajstić information content (AvgIpc) is 3.33. The van der Waals surface area contributed by atoms with Crippen molar-refractivity contribution in [3.63, 3.8) is 0 Å². The molecule has 2 aliphatic heterocycles. The number of hydrogen-bond donors (Lipinski definition) is 0. The highest BCUT2D eigenvalue weighted by Gasteiger charge is 2.21. The maximum atomic E-state index is 12.6. The molecule has 0 aliphatic carbocycles. The highest BCUT2D eigenvalue weighted by Crippen LogP contribution is 2.32. The Balaban J connectivity index is 1.28. The molecule has 0 saturated carbocycles. The minimum atomic E-state index is -0.324. The van der Waals surface area contributed by atoms with Crippen molar-refractivity contribution in [1.29, 1.82) is 0 Å². The van der Waals surface area contributed by atoms with Crippen molar-refractivity contribution in [2.24, 2.45) is 0 Å². The molecule has 180 valence electrons. The lowest BCUT2D eigenvalue weighted by Gasteiger charge is -2.24. The topological polar surface area (TPSA) is 111 Å². The fourth-order valence-corrected chi connectivity index (χ4v) is 4.08. The van der Waals surface area contributed by atoms with Gasteiger partial charge in [-0.25, -0.2) is 4.79 Å². The predicted octanol–water partition coefficient (Wildman–Crippen LogP) is 2.57. The van der Waals surface area contributed by atoms with Crippen LogP contribution in [-0.4, -0.2) is 52.2 Å². The zero-order valence-electron chi connectivity index (χ0n) is 19.2. The summed E-state index contributed by atoms with van der Waals surface area (Å²) in [6.07, 6.45) is 3.42. The molecule has 10 heteroatoms. The Hall–Kier alpha value is -3.24. The summed E-state index contributed by atoms with van der Waals surface area (Å²) >= 11 is 0. The Morgan fingerprint density at radius 1 is 1.18 bits per heavy atom. The fraction of sp³-hybridized carbons (Fsp3) is 0.500. The zero-order chi connectivity index (χ0) is 23.3. The zero-order valence-corrected chi connectivity index (χ0v) is 19.2. The van der Waals surface area contributed by atoms with Gasteiger partial charge in [-0.15, -0.1) is 0 Å². The highest BCUT2D eigenvalue weighted by atomic mass is 16.6. The Kier molecular flexibility index (Phi) is 6.87. The molecular weight excluding hydrogens is 440 g/mol. The van der Waals surface area contributed by atoms with Crippen LogP contribution in [0.5, 0.6) is 11.6 Å². The summed E-state index contributed by atoms with van der Waals surface area (Å²) in [6, 6.07) is 7.64. The third-order valence-electron chi connectivity index (χ3n) is 5.87. The number of benzene rings is 1. The molecule has 2 aliphatic rings. The third kappa shape index (κ3) is 5.13. The summed E-state index contributed by atoms with van der Waals surface area (Å²) in [5.41, 5.74) is 2.51. The highest BCUT2D eigenvalue weighted by molar-refractivity contribution is 5.67. The molecule has 0 unspecified atom stereocenters. The van der Waals surface area contributed by atoms with Crippen molar-refractivity contribution >= 4 is 0 Å². The Morgan fingerprint density at radius 2 is 2.12 bits per heavy atom. The van der Waals surface area contributed by atoms with Crippen LogP contribution in [0.1, 0.15) is 37.0 Å². The molecule has 0 spiro atoms. The summed E-state index contributed by atoms with van der Waals surface area (Å²) in [6.45, 7) is 4.79. The summed E-state index contributed by atoms with van der Waals surface area (Å²) in [5, 5.41) is 3.99. The van der Waals surface area contributed by atoms with E-state index < -0.39 is 0 Å². The number of aryl methyl sites for hydroxylation is 2. The first-order chi connectivity index (χ1) is 16.7. The molecule has 10 nitrogen and oxygen atoms in total. The number of ether oxygens (including phenoxy) is 4. The number of aromatic nitrogens is 4. The molecule has 0 amide bonds. The van der Waals surface area contributed by atoms with Crippen LogP contribution in [0, 0.1) is 0 Å². The molecule has 1 aromatic carbocycles. The van der Waals surface area contributed by atoms with Gasteiger partial charge in [0.15, 0.2) is 6.61 Å². The molecule has 1 fully saturated rings. The van der Waals surface area contributed by atoms with Gasteiger partial charge in [0.25, 0.3) is 0 Å². The lowest BCUT2D eigenvalue weighted by Crippen LogP contribution is -2.34. The van der Waals surface area contributed by atoms with Crippen molar-refractivity contribution in [2.75, 3.05) is 26.4 Å². The van der Waals surface area contributed by atoms with E-state index >= 15 is 0 Å². The Labute approximate surface area is 196 Å². The first kappa shape index (κ1) is 22.5. The quantitative estimate of drug-likeness (QED) is 0.468. The van der Waals surface area contributed by atoms with Crippen molar-refractivity contribution < 1.29 is 23.5 Å². The van der Waals surface area contributed by atoms with E-state index in [0.717, 1.165) is 41.8 Å². The van der Waals surface area contributed by atoms with Gasteiger partial charge >= 0.3 is 5.69 Å².